The summed E-state index contributed by atoms with van der Waals surface area (Å²) in [5, 5.41) is 23.9. The molecule has 0 fully saturated rings. The van der Waals surface area contributed by atoms with Crippen LogP contribution in [0.4, 0.5) is 11.4 Å². The lowest BCUT2D eigenvalue weighted by molar-refractivity contribution is -0.137. The van der Waals surface area contributed by atoms with E-state index in [1.165, 1.54) is 0 Å². The molecule has 1 heterocycles. The first-order valence-electron chi connectivity index (χ1n) is 12.4. The number of hydrogen-bond donors (Lipinski definition) is 4. The Labute approximate surface area is 234 Å². The highest BCUT2D eigenvalue weighted by atomic mass is 79.9. The van der Waals surface area contributed by atoms with Crippen molar-refractivity contribution in [1.82, 2.24) is 10.2 Å². The molecule has 0 saturated carbocycles. The topological polar surface area (TPSA) is 126 Å². The van der Waals surface area contributed by atoms with Gasteiger partial charge in [0.15, 0.2) is 5.78 Å². The maximum Gasteiger partial charge on any atom is 0.326 e. The lowest BCUT2D eigenvalue weighted by Crippen LogP contribution is -2.31. The van der Waals surface area contributed by atoms with Crippen molar-refractivity contribution in [3.05, 3.63) is 58.1 Å². The number of halogens is 1. The summed E-state index contributed by atoms with van der Waals surface area (Å²) in [7, 11) is 5.29. The summed E-state index contributed by atoms with van der Waals surface area (Å²) >= 11 is 0. The molecule has 0 aromatic heterocycles. The number of carbonyl (C=O) groups excluding carboxylic acids is 2. The van der Waals surface area contributed by atoms with E-state index < -0.39 is 12.0 Å². The summed E-state index contributed by atoms with van der Waals surface area (Å²) in [6.45, 7) is 8.27. The second-order valence-corrected chi connectivity index (χ2v) is 10.6. The molecular weight excluding hydrogens is 550 g/mol. The molecule has 10 heteroatoms. The van der Waals surface area contributed by atoms with Gasteiger partial charge in [0.2, 0.25) is 0 Å². The minimum Gasteiger partial charge on any atom is -0.480 e. The molecule has 206 valence electrons. The monoisotopic (exact) mass is 587 g/mol. The van der Waals surface area contributed by atoms with E-state index in [-0.39, 0.29) is 46.5 Å². The summed E-state index contributed by atoms with van der Waals surface area (Å²) in [5.41, 5.74) is 4.49. The van der Waals surface area contributed by atoms with Crippen molar-refractivity contribution in [2.45, 2.75) is 52.1 Å². The maximum atomic E-state index is 13.3. The van der Waals surface area contributed by atoms with Crippen LogP contribution in [-0.2, 0) is 16.8 Å². The van der Waals surface area contributed by atoms with Crippen LogP contribution in [0.25, 0.3) is 0 Å². The zero-order valence-corrected chi connectivity index (χ0v) is 24.8. The quantitative estimate of drug-likeness (QED) is 0.322. The highest BCUT2D eigenvalue weighted by Crippen LogP contribution is 2.33. The first-order chi connectivity index (χ1) is 17.3. The predicted octanol–water partition coefficient (Wildman–Crippen LogP) is 4.29. The van der Waals surface area contributed by atoms with Gasteiger partial charge in [-0.15, -0.1) is 17.0 Å². The summed E-state index contributed by atoms with van der Waals surface area (Å²) in [6.07, 6.45) is 0.425. The van der Waals surface area contributed by atoms with Gasteiger partial charge in [-0.1, -0.05) is 27.7 Å². The van der Waals surface area contributed by atoms with Crippen LogP contribution in [0, 0.1) is 5.41 Å². The number of fused-ring (bicyclic) bond motifs is 1. The van der Waals surface area contributed by atoms with Gasteiger partial charge >= 0.3 is 5.97 Å². The molecule has 0 radical (unpaired) electrons. The third-order valence-corrected chi connectivity index (χ3v) is 6.63. The molecule has 4 N–H and O–H groups in total. The number of nitrogens with one attached hydrogen (secondary N) is 3. The van der Waals surface area contributed by atoms with Gasteiger partial charge in [0.1, 0.15) is 11.9 Å². The molecule has 1 aliphatic rings. The van der Waals surface area contributed by atoms with Crippen LogP contribution < -0.4 is 15.5 Å². The lowest BCUT2D eigenvalue weighted by Gasteiger charge is -2.26. The maximum absolute atomic E-state index is 13.3. The van der Waals surface area contributed by atoms with Crippen LogP contribution in [0.2, 0.25) is 0 Å². The zero-order valence-electron chi connectivity index (χ0n) is 23.1. The van der Waals surface area contributed by atoms with E-state index in [0.29, 0.717) is 35.3 Å². The van der Waals surface area contributed by atoms with Crippen molar-refractivity contribution < 1.29 is 19.5 Å². The average molecular weight is 589 g/mol. The number of rotatable bonds is 9. The van der Waals surface area contributed by atoms with E-state index in [1.54, 1.807) is 30.1 Å². The fourth-order valence-electron chi connectivity index (χ4n) is 4.51. The molecular formula is C28H38BrN5O4. The van der Waals surface area contributed by atoms with Crippen molar-refractivity contribution in [1.29, 1.82) is 5.41 Å². The molecule has 1 unspecified atom stereocenters. The van der Waals surface area contributed by atoms with Gasteiger partial charge in [-0.25, -0.2) is 4.79 Å². The third kappa shape index (κ3) is 6.35. The Kier molecular flexibility index (Phi) is 9.72. The lowest BCUT2D eigenvalue weighted by atomic mass is 9.84. The van der Waals surface area contributed by atoms with E-state index in [9.17, 15) is 19.5 Å². The Balaban J connectivity index is 0.00000507. The second kappa shape index (κ2) is 12.0. The summed E-state index contributed by atoms with van der Waals surface area (Å²) in [5.74, 6) is -1.09. The van der Waals surface area contributed by atoms with Gasteiger partial charge in [0.05, 0.1) is 12.1 Å². The first-order valence-corrected chi connectivity index (χ1v) is 12.4. The normalized spacial score (nSPS) is 13.3. The number of hydrogen-bond acceptors (Lipinski definition) is 6. The number of Topliss-reactive ketones (excluding diaryl/α,β-unsaturated/α-hetero) is 1. The Morgan fingerprint density at radius 1 is 1.16 bits per heavy atom. The summed E-state index contributed by atoms with van der Waals surface area (Å²) in [4.78, 5) is 40.9. The van der Waals surface area contributed by atoms with Gasteiger partial charge in [-0.2, -0.15) is 0 Å². The Bertz CT molecular complexity index is 1250. The van der Waals surface area contributed by atoms with Crippen LogP contribution in [0.5, 0.6) is 0 Å². The Morgan fingerprint density at radius 2 is 1.82 bits per heavy atom. The van der Waals surface area contributed by atoms with E-state index in [2.05, 4.69) is 10.6 Å². The number of amidine groups is 1. The van der Waals surface area contributed by atoms with Gasteiger partial charge in [-0.3, -0.25) is 15.0 Å². The number of ketones is 1. The standard InChI is InChI=1S/C28H37N5O4.BrH/c1-8-21(27(36)37)31-22-10-9-16(11-20(22)28(2,3)4)24(34)15-33-14-17-12-23(32(6)7)19(26(35)30-5)13-18(17)25(33)29;/h9-13,21,29,31H,8,14-15H2,1-7H3,(H,30,35)(H,36,37);1H. The zero-order chi connectivity index (χ0) is 27.7. The molecule has 38 heavy (non-hydrogen) atoms. The molecule has 0 aliphatic carbocycles. The van der Waals surface area contributed by atoms with Gasteiger partial charge in [0, 0.05) is 50.2 Å². The number of benzene rings is 2. The molecule has 3 rings (SSSR count). The number of carboxylic acid groups (broad SMARTS) is 1. The van der Waals surface area contributed by atoms with E-state index in [0.717, 1.165) is 16.8 Å². The van der Waals surface area contributed by atoms with E-state index >= 15 is 0 Å². The Hall–Kier alpha value is -3.40. The number of carbonyl (C=O) groups is 3. The summed E-state index contributed by atoms with van der Waals surface area (Å²) < 4.78 is 0. The van der Waals surface area contributed by atoms with Crippen LogP contribution in [-0.4, -0.2) is 67.2 Å². The number of aliphatic carboxylic acids is 1. The average Bonchev–Trinajstić information content (AvgIpc) is 3.14. The van der Waals surface area contributed by atoms with Crippen LogP contribution in [0.15, 0.2) is 30.3 Å². The van der Waals surface area contributed by atoms with Crippen LogP contribution >= 0.6 is 17.0 Å². The van der Waals surface area contributed by atoms with E-state index in [1.807, 2.05) is 58.8 Å². The van der Waals surface area contributed by atoms with Crippen molar-refractivity contribution in [2.75, 3.05) is 37.9 Å². The highest BCUT2D eigenvalue weighted by Gasteiger charge is 2.30. The molecule has 1 atom stereocenters. The minimum absolute atomic E-state index is 0. The van der Waals surface area contributed by atoms with Crippen LogP contribution in [0.3, 0.4) is 0 Å². The molecule has 9 nitrogen and oxygen atoms in total. The molecule has 2 aromatic carbocycles. The first kappa shape index (κ1) is 30.8. The van der Waals surface area contributed by atoms with Crippen LogP contribution in [0.1, 0.15) is 71.5 Å². The van der Waals surface area contributed by atoms with E-state index in [4.69, 9.17) is 5.41 Å². The molecule has 0 spiro atoms. The molecule has 0 saturated heterocycles. The number of amides is 1. The van der Waals surface area contributed by atoms with Crippen molar-refractivity contribution in [3.63, 3.8) is 0 Å². The van der Waals surface area contributed by atoms with Gasteiger partial charge in [-0.05, 0) is 53.3 Å². The predicted molar refractivity (Wildman–Crippen MR) is 157 cm³/mol. The largest absolute Gasteiger partial charge is 0.480 e. The third-order valence-electron chi connectivity index (χ3n) is 6.63. The van der Waals surface area contributed by atoms with Gasteiger partial charge < -0.3 is 25.5 Å². The summed E-state index contributed by atoms with van der Waals surface area (Å²) in [6, 6.07) is 8.19. The fraction of sp³-hybridized carbons (Fsp3) is 0.429. The second-order valence-electron chi connectivity index (χ2n) is 10.6. The van der Waals surface area contributed by atoms with Crippen molar-refractivity contribution in [3.8, 4) is 0 Å². The highest BCUT2D eigenvalue weighted by molar-refractivity contribution is 8.93. The molecule has 1 amide bonds. The SMILES string of the molecule is Br.CCC(Nc1ccc(C(=O)CN2Cc3cc(N(C)C)c(C(=O)NC)cc3C2=N)cc1C(C)(C)C)C(=O)O. The Morgan fingerprint density at radius 3 is 2.34 bits per heavy atom. The molecule has 1 aliphatic heterocycles. The number of nitrogens with zero attached hydrogens (tertiary/aromatic N) is 2. The fourth-order valence-corrected chi connectivity index (χ4v) is 4.51. The minimum atomic E-state index is -0.924. The van der Waals surface area contributed by atoms with Gasteiger partial charge in [0.25, 0.3) is 5.91 Å². The smallest absolute Gasteiger partial charge is 0.326 e. The molecule has 2 aromatic rings. The molecule has 0 bridgehead atoms. The van der Waals surface area contributed by atoms with Crippen molar-refractivity contribution in [2.24, 2.45) is 0 Å². The number of carboxylic acids is 1. The van der Waals surface area contributed by atoms with Crippen molar-refractivity contribution >= 4 is 51.9 Å². The number of anilines is 2.